The van der Waals surface area contributed by atoms with Gasteiger partial charge in [0.15, 0.2) is 0 Å². The zero-order chi connectivity index (χ0) is 34.1. The molecular weight excluding hydrogens is 624 g/mol. The minimum Gasteiger partial charge on any atom is -0.444 e. The zero-order valence-electron chi connectivity index (χ0n) is 27.9. The molecule has 1 aromatic carbocycles. The number of aromatic amines is 1. The Balaban J connectivity index is 1.39. The van der Waals surface area contributed by atoms with Crippen molar-refractivity contribution in [2.24, 2.45) is 5.18 Å². The summed E-state index contributed by atoms with van der Waals surface area (Å²) in [6, 6.07) is 5.63. The highest BCUT2D eigenvalue weighted by Gasteiger charge is 2.43. The van der Waals surface area contributed by atoms with Crippen LogP contribution in [0.4, 0.5) is 4.79 Å². The third-order valence-electron chi connectivity index (χ3n) is 8.58. The number of rotatable bonds is 13. The number of hydrogen-bond acceptors (Lipinski definition) is 8. The van der Waals surface area contributed by atoms with Crippen LogP contribution in [-0.2, 0) is 20.9 Å². The van der Waals surface area contributed by atoms with Gasteiger partial charge in [-0.15, -0.1) is 0 Å². The van der Waals surface area contributed by atoms with Crippen molar-refractivity contribution in [3.63, 3.8) is 0 Å². The van der Waals surface area contributed by atoms with Crippen LogP contribution in [0, 0.1) is 4.91 Å². The number of fused-ring (bicyclic) bond motifs is 1. The standard InChI is InChI=1S/C34H47ClN6O6/c1-5-6-11-23-19-40(21-26-29(23)37-30(38-31(26)43)22-13-15-24(35)16-14-22)32(44)27-18-25(39-46)20-41(27)28(42)12-9-7-8-10-17-36-33(45)47-34(2,3)4/h13-16,23,25,27H,5-12,17-21H2,1-4H3,(H,36,45)(H,37,38,43)/t23?,25-,27+/m1/s1. The predicted octanol–water partition coefficient (Wildman–Crippen LogP) is 5.92. The molecule has 3 heterocycles. The number of unbranched alkanes of at least 4 members (excludes halogenated alkanes) is 4. The third kappa shape index (κ3) is 9.85. The molecule has 256 valence electrons. The molecule has 1 aromatic heterocycles. The first kappa shape index (κ1) is 36.0. The van der Waals surface area contributed by atoms with E-state index >= 15 is 0 Å². The van der Waals surface area contributed by atoms with E-state index < -0.39 is 23.8 Å². The summed E-state index contributed by atoms with van der Waals surface area (Å²) in [5.74, 6) is -0.149. The summed E-state index contributed by atoms with van der Waals surface area (Å²) in [6.07, 6.45) is 5.53. The van der Waals surface area contributed by atoms with Crippen LogP contribution in [0.2, 0.25) is 5.02 Å². The number of alkyl carbamates (subject to hydrolysis) is 1. The topological polar surface area (TPSA) is 154 Å². The van der Waals surface area contributed by atoms with E-state index in [0.29, 0.717) is 41.6 Å². The SMILES string of the molecule is CCCCC1CN(C(=O)[C@@H]2C[C@@H](N=O)CN2C(=O)CCCCCCNC(=O)OC(C)(C)C)Cc2c1nc(-c1ccc(Cl)cc1)[nH]c2=O. The summed E-state index contributed by atoms with van der Waals surface area (Å²) < 4.78 is 5.23. The van der Waals surface area contributed by atoms with Crippen LogP contribution in [0.25, 0.3) is 11.4 Å². The summed E-state index contributed by atoms with van der Waals surface area (Å²) in [6.45, 7) is 8.55. The van der Waals surface area contributed by atoms with Crippen LogP contribution in [0.15, 0.2) is 34.2 Å². The second-order valence-electron chi connectivity index (χ2n) is 13.5. The van der Waals surface area contributed by atoms with E-state index in [2.05, 4.69) is 22.4 Å². The van der Waals surface area contributed by atoms with Crippen molar-refractivity contribution in [2.45, 2.75) is 116 Å². The van der Waals surface area contributed by atoms with E-state index in [-0.39, 0.29) is 49.2 Å². The van der Waals surface area contributed by atoms with E-state index in [4.69, 9.17) is 21.3 Å². The highest BCUT2D eigenvalue weighted by molar-refractivity contribution is 6.30. The Bertz CT molecular complexity index is 1470. The number of carbonyl (C=O) groups excluding carboxylic acids is 3. The predicted molar refractivity (Wildman–Crippen MR) is 180 cm³/mol. The molecule has 12 nitrogen and oxygen atoms in total. The Hall–Kier alpha value is -3.80. The van der Waals surface area contributed by atoms with Gasteiger partial charge in [-0.25, -0.2) is 9.78 Å². The highest BCUT2D eigenvalue weighted by atomic mass is 35.5. The number of nitrogens with zero attached hydrogens (tertiary/aromatic N) is 4. The molecule has 0 spiro atoms. The first-order valence-corrected chi connectivity index (χ1v) is 17.0. The molecule has 13 heteroatoms. The maximum atomic E-state index is 14.0. The molecule has 4 rings (SSSR count). The van der Waals surface area contributed by atoms with Crippen molar-refractivity contribution >= 4 is 29.5 Å². The van der Waals surface area contributed by atoms with E-state index in [1.165, 1.54) is 4.90 Å². The van der Waals surface area contributed by atoms with E-state index in [1.54, 1.807) is 29.2 Å². The molecular formula is C34H47ClN6O6. The number of carbonyl (C=O) groups is 3. The average molecular weight is 671 g/mol. The zero-order valence-corrected chi connectivity index (χ0v) is 28.6. The van der Waals surface area contributed by atoms with Gasteiger partial charge in [-0.05, 0) is 64.3 Å². The first-order valence-electron chi connectivity index (χ1n) is 16.7. The largest absolute Gasteiger partial charge is 0.444 e. The Morgan fingerprint density at radius 1 is 1.09 bits per heavy atom. The molecule has 3 amide bonds. The third-order valence-corrected chi connectivity index (χ3v) is 8.83. The molecule has 2 N–H and O–H groups in total. The van der Waals surface area contributed by atoms with Gasteiger partial charge in [0.25, 0.3) is 5.56 Å². The molecule has 2 aromatic rings. The number of aromatic nitrogens is 2. The van der Waals surface area contributed by atoms with Gasteiger partial charge in [0.2, 0.25) is 11.8 Å². The second-order valence-corrected chi connectivity index (χ2v) is 13.9. The van der Waals surface area contributed by atoms with Crippen molar-refractivity contribution in [3.8, 4) is 11.4 Å². The molecule has 3 atom stereocenters. The number of H-pyrrole nitrogens is 1. The first-order chi connectivity index (χ1) is 22.4. The van der Waals surface area contributed by atoms with Gasteiger partial charge in [0.05, 0.1) is 17.8 Å². The number of amides is 3. The lowest BCUT2D eigenvalue weighted by Crippen LogP contribution is -2.50. The molecule has 0 bridgehead atoms. The van der Waals surface area contributed by atoms with Crippen LogP contribution in [-0.4, -0.2) is 75.0 Å². The average Bonchev–Trinajstić information content (AvgIpc) is 3.47. The van der Waals surface area contributed by atoms with Crippen molar-refractivity contribution in [1.29, 1.82) is 0 Å². The van der Waals surface area contributed by atoms with Crippen molar-refractivity contribution < 1.29 is 19.1 Å². The van der Waals surface area contributed by atoms with Crippen LogP contribution in [0.5, 0.6) is 0 Å². The van der Waals surface area contributed by atoms with E-state index in [1.807, 2.05) is 20.8 Å². The minimum absolute atomic E-state index is 0.0784. The normalized spacial score (nSPS) is 19.3. The number of benzene rings is 1. The molecule has 1 unspecified atom stereocenters. The Labute approximate surface area is 281 Å². The number of nitrogens with one attached hydrogen (secondary N) is 2. The number of nitroso groups, excluding NO2 is 1. The minimum atomic E-state index is -0.808. The van der Waals surface area contributed by atoms with Crippen LogP contribution in [0.1, 0.15) is 103 Å². The lowest BCUT2D eigenvalue weighted by atomic mass is 9.90. The van der Waals surface area contributed by atoms with Gasteiger partial charge >= 0.3 is 6.09 Å². The molecule has 0 radical (unpaired) electrons. The van der Waals surface area contributed by atoms with Crippen LogP contribution >= 0.6 is 11.6 Å². The molecule has 1 saturated heterocycles. The van der Waals surface area contributed by atoms with Gasteiger partial charge in [0.1, 0.15) is 23.5 Å². The molecule has 0 saturated carbocycles. The summed E-state index contributed by atoms with van der Waals surface area (Å²) in [5.41, 5.74) is 1.04. The number of ether oxygens (including phenoxy) is 1. The van der Waals surface area contributed by atoms with Gasteiger partial charge in [0, 0.05) is 49.0 Å². The number of hydrogen-bond donors (Lipinski definition) is 2. The highest BCUT2D eigenvalue weighted by Crippen LogP contribution is 2.33. The Kier molecular flexibility index (Phi) is 12.5. The molecule has 0 aliphatic carbocycles. The van der Waals surface area contributed by atoms with Gasteiger partial charge in [-0.2, -0.15) is 4.91 Å². The molecule has 2 aliphatic heterocycles. The molecule has 1 fully saturated rings. The van der Waals surface area contributed by atoms with Crippen molar-refractivity contribution in [2.75, 3.05) is 19.6 Å². The fourth-order valence-corrected chi connectivity index (χ4v) is 6.34. The summed E-state index contributed by atoms with van der Waals surface area (Å²) in [7, 11) is 0. The lowest BCUT2D eigenvalue weighted by Gasteiger charge is -2.36. The fourth-order valence-electron chi connectivity index (χ4n) is 6.22. The summed E-state index contributed by atoms with van der Waals surface area (Å²) in [4.78, 5) is 75.0. The van der Waals surface area contributed by atoms with Gasteiger partial charge < -0.3 is 24.8 Å². The van der Waals surface area contributed by atoms with Gasteiger partial charge in [-0.1, -0.05) is 49.4 Å². The van der Waals surface area contributed by atoms with Crippen LogP contribution in [0.3, 0.4) is 0 Å². The maximum Gasteiger partial charge on any atom is 0.407 e. The second kappa shape index (κ2) is 16.3. The van der Waals surface area contributed by atoms with Crippen molar-refractivity contribution in [3.05, 3.63) is 55.8 Å². The fraction of sp³-hybridized carbons (Fsp3) is 0.618. The Morgan fingerprint density at radius 3 is 2.49 bits per heavy atom. The van der Waals surface area contributed by atoms with E-state index in [9.17, 15) is 24.1 Å². The number of halogens is 1. The molecule has 2 aliphatic rings. The maximum absolute atomic E-state index is 14.0. The summed E-state index contributed by atoms with van der Waals surface area (Å²) >= 11 is 6.05. The summed E-state index contributed by atoms with van der Waals surface area (Å²) in [5, 5.41) is 6.50. The Morgan fingerprint density at radius 2 is 1.81 bits per heavy atom. The monoisotopic (exact) mass is 670 g/mol. The van der Waals surface area contributed by atoms with Gasteiger partial charge in [-0.3, -0.25) is 14.4 Å². The van der Waals surface area contributed by atoms with Crippen LogP contribution < -0.4 is 10.9 Å². The smallest absolute Gasteiger partial charge is 0.407 e. The lowest BCUT2D eigenvalue weighted by molar-refractivity contribution is -0.144. The quantitative estimate of drug-likeness (QED) is 0.198. The van der Waals surface area contributed by atoms with E-state index in [0.717, 1.165) is 44.1 Å². The number of likely N-dealkylation sites (tertiary alicyclic amines) is 1. The molecule has 47 heavy (non-hydrogen) atoms. The van der Waals surface area contributed by atoms with Crippen molar-refractivity contribution in [1.82, 2.24) is 25.1 Å².